The van der Waals surface area contributed by atoms with Gasteiger partial charge in [0.2, 0.25) is 0 Å². The molecule has 0 spiro atoms. The van der Waals surface area contributed by atoms with Gasteiger partial charge in [0.15, 0.2) is 16.7 Å². The SMILES string of the molecule is C.C.CCOC(=O)COC(=O)CC[C@@H](C)[C@H]1CC[C@H]2[C@@H]3C(=O)C[C@@H]4CC(=O)CC[C@]4(C)[C@H]3CC(=O)[C@]12C.O=S(=O)([O-])C(F)(F)F.[SH2+]c1ccccc1. The van der Waals surface area contributed by atoms with E-state index in [1.54, 1.807) is 6.92 Å². The highest BCUT2D eigenvalue weighted by molar-refractivity contribution is 7.86. The highest BCUT2D eigenvalue weighted by Crippen LogP contribution is 2.66. The number of rotatable bonds is 7. The number of Topliss-reactive ketones (excluding diaryl/α,β-unsaturated/α-hetero) is 3. The monoisotopic (exact) mass is 780 g/mol. The maximum Gasteiger partial charge on any atom is 0.485 e. The average Bonchev–Trinajstić information content (AvgIpc) is 3.39. The zero-order valence-electron chi connectivity index (χ0n) is 28.8. The van der Waals surface area contributed by atoms with Crippen LogP contribution in [-0.4, -0.2) is 61.0 Å². The Morgan fingerprint density at radius 2 is 1.58 bits per heavy atom. The minimum absolute atomic E-state index is 0. The van der Waals surface area contributed by atoms with Gasteiger partial charge in [0, 0.05) is 43.4 Å². The van der Waals surface area contributed by atoms with E-state index in [9.17, 15) is 37.1 Å². The van der Waals surface area contributed by atoms with Crippen molar-refractivity contribution in [3.05, 3.63) is 30.3 Å². The number of hydrogen-bond acceptors (Lipinski definition) is 10. The number of benzene rings is 1. The first-order valence-electron chi connectivity index (χ1n) is 16.8. The minimum Gasteiger partial charge on any atom is -0.741 e. The molecule has 0 bridgehead atoms. The Labute approximate surface area is 311 Å². The Kier molecular flexibility index (Phi) is 17.3. The van der Waals surface area contributed by atoms with Crippen LogP contribution in [0.3, 0.4) is 0 Å². The topological polar surface area (TPSA) is 161 Å². The van der Waals surface area contributed by atoms with Gasteiger partial charge in [0.1, 0.15) is 22.2 Å². The molecule has 1 aromatic carbocycles. The maximum atomic E-state index is 13.8. The molecule has 0 amide bonds. The molecule has 0 heterocycles. The van der Waals surface area contributed by atoms with Crippen LogP contribution in [0.2, 0.25) is 0 Å². The molecule has 0 aromatic heterocycles. The third kappa shape index (κ3) is 10.9. The van der Waals surface area contributed by atoms with Gasteiger partial charge in [-0.25, -0.2) is 13.2 Å². The van der Waals surface area contributed by atoms with Crippen LogP contribution in [-0.2, 0) is 56.2 Å². The number of fused-ring (bicyclic) bond motifs is 5. The van der Waals surface area contributed by atoms with Crippen molar-refractivity contribution in [1.82, 2.24) is 0 Å². The second-order valence-corrected chi connectivity index (χ2v) is 16.1. The second-order valence-electron chi connectivity index (χ2n) is 14.2. The summed E-state index contributed by atoms with van der Waals surface area (Å²) in [5, 5.41) is 0. The molecule has 4 aliphatic rings. The number of esters is 2. The van der Waals surface area contributed by atoms with Crippen molar-refractivity contribution in [3.63, 3.8) is 0 Å². The summed E-state index contributed by atoms with van der Waals surface area (Å²) in [5.41, 5.74) is -6.32. The predicted molar refractivity (Wildman–Crippen MR) is 191 cm³/mol. The molecule has 5 rings (SSSR count). The van der Waals surface area contributed by atoms with Gasteiger partial charge in [0.25, 0.3) is 0 Å². The van der Waals surface area contributed by atoms with E-state index in [1.165, 1.54) is 0 Å². The van der Waals surface area contributed by atoms with Crippen LogP contribution in [0.5, 0.6) is 0 Å². The first-order chi connectivity index (χ1) is 23.2. The molecular weight excluding hydrogens is 726 g/mol. The van der Waals surface area contributed by atoms with E-state index in [2.05, 4.69) is 33.4 Å². The summed E-state index contributed by atoms with van der Waals surface area (Å²) in [7, 11) is -6.09. The van der Waals surface area contributed by atoms with E-state index in [0.717, 1.165) is 24.2 Å². The molecular formula is C37H55F3O10S2. The molecule has 296 valence electrons. The molecule has 4 saturated carbocycles. The number of carbonyl (C=O) groups is 5. The molecule has 0 radical (unpaired) electrons. The van der Waals surface area contributed by atoms with Crippen molar-refractivity contribution in [2.24, 2.45) is 46.3 Å². The summed E-state index contributed by atoms with van der Waals surface area (Å²) < 4.78 is 68.7. The van der Waals surface area contributed by atoms with Gasteiger partial charge in [-0.3, -0.25) is 19.2 Å². The number of ether oxygens (including phenoxy) is 2. The Morgan fingerprint density at radius 1 is 0.981 bits per heavy atom. The fourth-order valence-corrected chi connectivity index (χ4v) is 8.98. The summed E-state index contributed by atoms with van der Waals surface area (Å²) in [5.74, 6) is 0.0674. The maximum absolute atomic E-state index is 13.8. The largest absolute Gasteiger partial charge is 0.741 e. The molecule has 4 fully saturated rings. The number of alkyl halides is 3. The van der Waals surface area contributed by atoms with Gasteiger partial charge in [-0.2, -0.15) is 13.2 Å². The Morgan fingerprint density at radius 3 is 2.10 bits per heavy atom. The zero-order chi connectivity index (χ0) is 37.7. The highest BCUT2D eigenvalue weighted by Gasteiger charge is 2.66. The van der Waals surface area contributed by atoms with Crippen molar-refractivity contribution in [2.75, 3.05) is 13.2 Å². The Hall–Kier alpha value is -2.78. The van der Waals surface area contributed by atoms with Gasteiger partial charge in [-0.15, -0.1) is 0 Å². The van der Waals surface area contributed by atoms with Crippen LogP contribution < -0.4 is 0 Å². The molecule has 0 aliphatic heterocycles. The van der Waals surface area contributed by atoms with E-state index in [1.807, 2.05) is 30.3 Å². The molecule has 0 saturated heterocycles. The third-order valence-electron chi connectivity index (χ3n) is 11.4. The fourth-order valence-electron chi connectivity index (χ4n) is 8.79. The van der Waals surface area contributed by atoms with Crippen molar-refractivity contribution in [1.29, 1.82) is 0 Å². The molecule has 4 aliphatic carbocycles. The van der Waals surface area contributed by atoms with E-state index in [-0.39, 0.29) is 92.8 Å². The minimum atomic E-state index is -6.09. The predicted octanol–water partition coefficient (Wildman–Crippen LogP) is 6.48. The van der Waals surface area contributed by atoms with Crippen molar-refractivity contribution < 1.29 is 59.6 Å². The van der Waals surface area contributed by atoms with Gasteiger partial charge in [0.05, 0.1) is 6.61 Å². The van der Waals surface area contributed by atoms with Crippen molar-refractivity contribution >= 4 is 52.0 Å². The van der Waals surface area contributed by atoms with Crippen LogP contribution in [0.4, 0.5) is 13.2 Å². The quantitative estimate of drug-likeness (QED) is 0.130. The van der Waals surface area contributed by atoms with Crippen LogP contribution in [0.15, 0.2) is 35.2 Å². The molecule has 10 nitrogen and oxygen atoms in total. The van der Waals surface area contributed by atoms with E-state index in [4.69, 9.17) is 22.4 Å². The Balaban J connectivity index is 0.000000663. The lowest BCUT2D eigenvalue weighted by atomic mass is 9.44. The highest BCUT2D eigenvalue weighted by atomic mass is 32.2. The zero-order valence-corrected chi connectivity index (χ0v) is 30.6. The second kappa shape index (κ2) is 19.0. The van der Waals surface area contributed by atoms with Crippen LogP contribution in [0.1, 0.15) is 100 Å². The summed E-state index contributed by atoms with van der Waals surface area (Å²) in [4.78, 5) is 64.1. The van der Waals surface area contributed by atoms with Gasteiger partial charge >= 0.3 is 17.4 Å². The molecule has 15 heteroatoms. The van der Waals surface area contributed by atoms with E-state index < -0.39 is 33.0 Å². The first kappa shape index (κ1) is 47.2. The number of hydrogen-bond donors (Lipinski definition) is 0. The van der Waals surface area contributed by atoms with E-state index >= 15 is 0 Å². The average molecular weight is 781 g/mol. The smallest absolute Gasteiger partial charge is 0.485 e. The lowest BCUT2D eigenvalue weighted by molar-refractivity contribution is -0.166. The normalized spacial score (nSPS) is 29.8. The molecule has 0 unspecified atom stereocenters. The third-order valence-corrected chi connectivity index (χ3v) is 12.3. The summed E-state index contributed by atoms with van der Waals surface area (Å²) >= 11 is 3.36. The standard InChI is InChI=1S/C28H40O7.C6H6S.CHF3O3S.2CH4/c1-5-34-25(33)15-35-24(32)9-6-16(2)19-7-8-20-26-21(14-23(31)28(19,20)4)27(3)11-10-18(29)12-17(27)13-22(26)30;7-6-4-2-1-3-5-6;2-1(3,4)8(5,6)7;;/h16-17,19-21,26H,5-15H2,1-4H3;1-5,7H;(H,5,6,7);2*1H4/t16-,17+,19-,20+,21+,26+,27+,28-;;;;/m1..../s1. The Bertz CT molecular complexity index is 1520. The summed E-state index contributed by atoms with van der Waals surface area (Å²) in [6.07, 6.45) is 5.22. The lowest BCUT2D eigenvalue weighted by Gasteiger charge is -2.58. The number of halogens is 3. The summed E-state index contributed by atoms with van der Waals surface area (Å²) in [6.45, 7) is 7.94. The number of carbonyl (C=O) groups excluding carboxylic acids is 5. The van der Waals surface area contributed by atoms with Crippen molar-refractivity contribution in [2.45, 2.75) is 111 Å². The van der Waals surface area contributed by atoms with E-state index in [0.29, 0.717) is 32.1 Å². The first-order valence-corrected chi connectivity index (χ1v) is 18.7. The summed E-state index contributed by atoms with van der Waals surface area (Å²) in [6, 6.07) is 9.96. The lowest BCUT2D eigenvalue weighted by Crippen LogP contribution is -2.60. The van der Waals surface area contributed by atoms with Crippen LogP contribution in [0.25, 0.3) is 0 Å². The molecule has 0 N–H and O–H groups in total. The van der Waals surface area contributed by atoms with Crippen LogP contribution >= 0.6 is 0 Å². The fraction of sp³-hybridized carbons (Fsp3) is 0.703. The van der Waals surface area contributed by atoms with Crippen molar-refractivity contribution in [3.8, 4) is 0 Å². The van der Waals surface area contributed by atoms with Gasteiger partial charge in [-0.1, -0.05) is 53.8 Å². The van der Waals surface area contributed by atoms with Crippen LogP contribution in [0, 0.1) is 46.3 Å². The molecule has 52 heavy (non-hydrogen) atoms. The molecule has 8 atom stereocenters. The number of ketones is 3. The van der Waals surface area contributed by atoms with Gasteiger partial charge < -0.3 is 14.0 Å². The molecule has 1 aromatic rings. The van der Waals surface area contributed by atoms with Gasteiger partial charge in [-0.05, 0) is 92.4 Å².